The number of hydrogen-bond donors (Lipinski definition) is 2. The first-order valence-corrected chi connectivity index (χ1v) is 9.92. The van der Waals surface area contributed by atoms with Crippen LogP contribution in [0, 0.1) is 5.92 Å². The van der Waals surface area contributed by atoms with Crippen LogP contribution in [-0.2, 0) is 21.8 Å². The summed E-state index contributed by atoms with van der Waals surface area (Å²) >= 11 is 1.32. The second-order valence-electron chi connectivity index (χ2n) is 6.03. The molecule has 0 aliphatic heterocycles. The van der Waals surface area contributed by atoms with E-state index >= 15 is 0 Å². The molecule has 0 saturated heterocycles. The molecule has 4 nitrogen and oxygen atoms in total. The Labute approximate surface area is 147 Å². The Kier molecular flexibility index (Phi) is 4.69. The van der Waals surface area contributed by atoms with Crippen molar-refractivity contribution in [2.24, 2.45) is 5.92 Å². The number of thiophene rings is 1. The highest BCUT2D eigenvalue weighted by Gasteiger charge is 2.46. The van der Waals surface area contributed by atoms with Crippen LogP contribution < -0.4 is 4.72 Å². The van der Waals surface area contributed by atoms with Crippen LogP contribution >= 0.6 is 11.3 Å². The number of aliphatic hydroxyl groups is 1. The molecule has 1 aliphatic rings. The Hall–Kier alpha value is -1.42. The Morgan fingerprint density at radius 3 is 2.48 bits per heavy atom. The lowest BCUT2D eigenvalue weighted by atomic mass is 9.96. The molecule has 1 aromatic heterocycles. The van der Waals surface area contributed by atoms with Crippen molar-refractivity contribution in [1.29, 1.82) is 0 Å². The molecule has 2 N–H and O–H groups in total. The standard InChI is InChI=1S/C16H16F3NO3S2/c17-16(18,19)12-3-1-4-13(9-12)25(22,23)20-10-15(21,11-6-7-11)14-5-2-8-24-14/h1-5,8-9,11,20-21H,6-7,10H2/t15-/m1/s1. The molecular weight excluding hydrogens is 375 g/mol. The lowest BCUT2D eigenvalue weighted by Crippen LogP contribution is -2.42. The zero-order valence-electron chi connectivity index (χ0n) is 13.0. The Morgan fingerprint density at radius 2 is 1.92 bits per heavy atom. The van der Waals surface area contributed by atoms with E-state index in [1.54, 1.807) is 17.5 Å². The number of hydrogen-bond acceptors (Lipinski definition) is 4. The van der Waals surface area contributed by atoms with Gasteiger partial charge in [-0.25, -0.2) is 13.1 Å². The molecule has 1 saturated carbocycles. The normalized spacial score (nSPS) is 18.1. The molecule has 1 atom stereocenters. The van der Waals surface area contributed by atoms with Gasteiger partial charge in [-0.15, -0.1) is 11.3 Å². The highest BCUT2D eigenvalue weighted by molar-refractivity contribution is 7.89. The Morgan fingerprint density at radius 1 is 1.20 bits per heavy atom. The summed E-state index contributed by atoms with van der Waals surface area (Å²) in [7, 11) is -4.18. The fourth-order valence-corrected chi connectivity index (χ4v) is 4.67. The first-order valence-electron chi connectivity index (χ1n) is 7.56. The summed E-state index contributed by atoms with van der Waals surface area (Å²) in [6.45, 7) is -0.281. The molecule has 1 aliphatic carbocycles. The summed E-state index contributed by atoms with van der Waals surface area (Å²) in [6, 6.07) is 7.02. The van der Waals surface area contributed by atoms with Crippen LogP contribution in [0.15, 0.2) is 46.7 Å². The predicted octanol–water partition coefficient (Wildman–Crippen LogP) is 3.34. The summed E-state index contributed by atoms with van der Waals surface area (Å²) in [5, 5.41) is 12.7. The summed E-state index contributed by atoms with van der Waals surface area (Å²) in [4.78, 5) is 0.161. The smallest absolute Gasteiger partial charge is 0.383 e. The maximum Gasteiger partial charge on any atom is 0.416 e. The molecule has 2 aromatic rings. The molecule has 25 heavy (non-hydrogen) atoms. The largest absolute Gasteiger partial charge is 0.416 e. The van der Waals surface area contributed by atoms with E-state index in [1.165, 1.54) is 11.3 Å². The third-order valence-electron chi connectivity index (χ3n) is 4.20. The van der Waals surface area contributed by atoms with Gasteiger partial charge in [0.25, 0.3) is 0 Å². The number of rotatable bonds is 6. The Bertz CT molecular complexity index is 846. The van der Waals surface area contributed by atoms with E-state index in [2.05, 4.69) is 4.72 Å². The van der Waals surface area contributed by atoms with Crippen molar-refractivity contribution >= 4 is 21.4 Å². The summed E-state index contributed by atoms with van der Waals surface area (Å²) < 4.78 is 65.4. The predicted molar refractivity (Wildman–Crippen MR) is 87.6 cm³/mol. The van der Waals surface area contributed by atoms with Gasteiger partial charge in [0.2, 0.25) is 10.0 Å². The van der Waals surface area contributed by atoms with Crippen LogP contribution in [0.2, 0.25) is 0 Å². The summed E-state index contributed by atoms with van der Waals surface area (Å²) in [5.74, 6) is -0.0599. The molecule has 3 rings (SSSR count). The number of benzene rings is 1. The van der Waals surface area contributed by atoms with Gasteiger partial charge < -0.3 is 5.11 Å². The van der Waals surface area contributed by atoms with Crippen molar-refractivity contribution in [2.45, 2.75) is 29.5 Å². The van der Waals surface area contributed by atoms with E-state index in [-0.39, 0.29) is 12.5 Å². The Balaban J connectivity index is 1.82. The van der Waals surface area contributed by atoms with Gasteiger partial charge >= 0.3 is 6.18 Å². The fraction of sp³-hybridized carbons (Fsp3) is 0.375. The minimum absolute atomic E-state index is 0.0599. The van der Waals surface area contributed by atoms with Crippen molar-refractivity contribution in [3.05, 3.63) is 52.2 Å². The number of sulfonamides is 1. The van der Waals surface area contributed by atoms with Gasteiger partial charge in [0.1, 0.15) is 5.60 Å². The maximum atomic E-state index is 12.8. The van der Waals surface area contributed by atoms with Crippen LogP contribution in [0.3, 0.4) is 0 Å². The zero-order chi connectivity index (χ0) is 18.3. The minimum Gasteiger partial charge on any atom is -0.383 e. The number of alkyl halides is 3. The molecule has 0 unspecified atom stereocenters. The third-order valence-corrected chi connectivity index (χ3v) is 6.64. The minimum atomic E-state index is -4.63. The van der Waals surface area contributed by atoms with Crippen LogP contribution in [0.1, 0.15) is 23.3 Å². The number of halogens is 3. The molecule has 136 valence electrons. The first kappa shape index (κ1) is 18.4. The van der Waals surface area contributed by atoms with E-state index < -0.39 is 32.3 Å². The van der Waals surface area contributed by atoms with E-state index in [0.717, 1.165) is 31.0 Å². The van der Waals surface area contributed by atoms with E-state index in [4.69, 9.17) is 0 Å². The van der Waals surface area contributed by atoms with Gasteiger partial charge in [0.05, 0.1) is 10.5 Å². The molecule has 0 bridgehead atoms. The maximum absolute atomic E-state index is 12.8. The van der Waals surface area contributed by atoms with Crippen molar-refractivity contribution in [3.63, 3.8) is 0 Å². The van der Waals surface area contributed by atoms with Crippen molar-refractivity contribution < 1.29 is 26.7 Å². The van der Waals surface area contributed by atoms with Gasteiger partial charge in [-0.2, -0.15) is 13.2 Å². The van der Waals surface area contributed by atoms with Crippen molar-refractivity contribution in [1.82, 2.24) is 4.72 Å². The van der Waals surface area contributed by atoms with E-state index in [0.29, 0.717) is 10.9 Å². The van der Waals surface area contributed by atoms with Gasteiger partial charge in [-0.3, -0.25) is 0 Å². The quantitative estimate of drug-likeness (QED) is 0.794. The lowest BCUT2D eigenvalue weighted by molar-refractivity contribution is -0.137. The van der Waals surface area contributed by atoms with Crippen LogP contribution in [-0.4, -0.2) is 20.1 Å². The highest BCUT2D eigenvalue weighted by Crippen LogP contribution is 2.46. The van der Waals surface area contributed by atoms with Crippen LogP contribution in [0.4, 0.5) is 13.2 Å². The van der Waals surface area contributed by atoms with Crippen molar-refractivity contribution in [3.8, 4) is 0 Å². The SMILES string of the molecule is O=S(=O)(NC[C@](O)(c1cccs1)C1CC1)c1cccc(C(F)(F)F)c1. The van der Waals surface area contributed by atoms with E-state index in [1.807, 2.05) is 0 Å². The first-order chi connectivity index (χ1) is 11.6. The topological polar surface area (TPSA) is 66.4 Å². The lowest BCUT2D eigenvalue weighted by Gasteiger charge is -2.27. The average Bonchev–Trinajstić information content (AvgIpc) is 3.27. The molecule has 0 spiro atoms. The van der Waals surface area contributed by atoms with E-state index in [9.17, 15) is 26.7 Å². The third kappa shape index (κ3) is 3.89. The summed E-state index contributed by atoms with van der Waals surface area (Å²) in [6.07, 6.45) is -3.07. The van der Waals surface area contributed by atoms with Gasteiger partial charge in [-0.05, 0) is 48.4 Å². The molecule has 0 radical (unpaired) electrons. The molecule has 1 aromatic carbocycles. The van der Waals surface area contributed by atoms with Crippen LogP contribution in [0.25, 0.3) is 0 Å². The summed E-state index contributed by atoms with van der Waals surface area (Å²) in [5.41, 5.74) is -2.38. The monoisotopic (exact) mass is 391 g/mol. The molecular formula is C16H16F3NO3S2. The molecule has 9 heteroatoms. The van der Waals surface area contributed by atoms with Gasteiger partial charge in [0, 0.05) is 11.4 Å². The van der Waals surface area contributed by atoms with Crippen molar-refractivity contribution in [2.75, 3.05) is 6.54 Å². The second kappa shape index (κ2) is 6.39. The number of nitrogens with one attached hydrogen (secondary N) is 1. The molecule has 1 fully saturated rings. The highest BCUT2D eigenvalue weighted by atomic mass is 32.2. The van der Waals surface area contributed by atoms with Gasteiger partial charge in [0.15, 0.2) is 0 Å². The van der Waals surface area contributed by atoms with Gasteiger partial charge in [-0.1, -0.05) is 12.1 Å². The molecule has 1 heterocycles. The average molecular weight is 391 g/mol. The molecule has 0 amide bonds. The fourth-order valence-electron chi connectivity index (χ4n) is 2.65. The second-order valence-corrected chi connectivity index (χ2v) is 8.74. The zero-order valence-corrected chi connectivity index (χ0v) is 14.6. The van der Waals surface area contributed by atoms with Crippen LogP contribution in [0.5, 0.6) is 0 Å².